The highest BCUT2D eigenvalue weighted by molar-refractivity contribution is 6.05. The van der Waals surface area contributed by atoms with Crippen molar-refractivity contribution < 1.29 is 9.53 Å². The highest BCUT2D eigenvalue weighted by Gasteiger charge is 2.26. The van der Waals surface area contributed by atoms with Gasteiger partial charge in [0.25, 0.3) is 0 Å². The van der Waals surface area contributed by atoms with Crippen LogP contribution in [0.2, 0.25) is 0 Å². The molecule has 1 saturated heterocycles. The van der Waals surface area contributed by atoms with Crippen molar-refractivity contribution in [3.05, 3.63) is 54.5 Å². The molecule has 1 aliphatic heterocycles. The Labute approximate surface area is 152 Å². The maximum absolute atomic E-state index is 12.5. The maximum atomic E-state index is 12.5. The number of esters is 1. The van der Waals surface area contributed by atoms with Crippen LogP contribution in [0, 0.1) is 0 Å². The van der Waals surface area contributed by atoms with Crippen LogP contribution in [-0.2, 0) is 4.74 Å². The van der Waals surface area contributed by atoms with Gasteiger partial charge in [-0.3, -0.25) is 9.67 Å². The fraction of sp³-hybridized carbons (Fsp3) is 0.350. The Hall–Kier alpha value is -2.89. The molecule has 134 valence electrons. The Morgan fingerprint density at radius 3 is 2.77 bits per heavy atom. The van der Waals surface area contributed by atoms with Gasteiger partial charge >= 0.3 is 5.97 Å². The lowest BCUT2D eigenvalue weighted by Crippen LogP contribution is -2.36. The van der Waals surface area contributed by atoms with Crippen LogP contribution in [0.3, 0.4) is 0 Å². The number of anilines is 1. The lowest BCUT2D eigenvalue weighted by Gasteiger charge is -2.35. The van der Waals surface area contributed by atoms with E-state index in [1.807, 2.05) is 54.3 Å². The van der Waals surface area contributed by atoms with Crippen LogP contribution >= 0.6 is 0 Å². The van der Waals surface area contributed by atoms with Crippen molar-refractivity contribution in [1.82, 2.24) is 14.8 Å². The zero-order valence-electron chi connectivity index (χ0n) is 14.8. The summed E-state index contributed by atoms with van der Waals surface area (Å²) in [7, 11) is 0. The third kappa shape index (κ3) is 3.03. The number of carbonyl (C=O) groups excluding carboxylic acids is 1. The van der Waals surface area contributed by atoms with E-state index in [1.165, 1.54) is 0 Å². The van der Waals surface area contributed by atoms with Gasteiger partial charge in [0, 0.05) is 37.1 Å². The molecule has 0 spiro atoms. The predicted octanol–water partition coefficient (Wildman–Crippen LogP) is 3.45. The van der Waals surface area contributed by atoms with Gasteiger partial charge in [-0.2, -0.15) is 5.10 Å². The van der Waals surface area contributed by atoms with E-state index in [0.29, 0.717) is 18.2 Å². The first-order chi connectivity index (χ1) is 12.8. The molecule has 2 aromatic heterocycles. The van der Waals surface area contributed by atoms with E-state index >= 15 is 0 Å². The van der Waals surface area contributed by atoms with Gasteiger partial charge in [0.2, 0.25) is 0 Å². The van der Waals surface area contributed by atoms with Crippen LogP contribution in [0.4, 0.5) is 5.69 Å². The summed E-state index contributed by atoms with van der Waals surface area (Å²) in [5.74, 6) is -0.310. The van der Waals surface area contributed by atoms with Gasteiger partial charge in [0.05, 0.1) is 23.9 Å². The number of piperidine rings is 1. The second kappa shape index (κ2) is 7.15. The average Bonchev–Trinajstić information content (AvgIpc) is 3.22. The Balaban J connectivity index is 1.68. The minimum absolute atomic E-state index is 0.310. The third-order valence-corrected chi connectivity index (χ3v) is 4.92. The molecule has 1 aromatic carbocycles. The predicted molar refractivity (Wildman–Crippen MR) is 100 cm³/mol. The first-order valence-electron chi connectivity index (χ1n) is 9.07. The van der Waals surface area contributed by atoms with Gasteiger partial charge in [0.1, 0.15) is 5.56 Å². The highest BCUT2D eigenvalue weighted by atomic mass is 16.5. The molecule has 3 aromatic rings. The molecule has 0 N–H and O–H groups in total. The standard InChI is InChI=1S/C20H22N4O2/c1-2-26-20(25)17-14-21-18-7-4-3-6-16(18)19(17)23-12-8-15(9-13-23)24-11-5-10-22-24/h3-7,10-11,14-15H,2,8-9,12-13H2,1H3. The second-order valence-electron chi connectivity index (χ2n) is 6.46. The van der Waals surface area contributed by atoms with Crippen LogP contribution < -0.4 is 4.90 Å². The van der Waals surface area contributed by atoms with Crippen molar-refractivity contribution in [2.75, 3.05) is 24.6 Å². The van der Waals surface area contributed by atoms with E-state index in [4.69, 9.17) is 4.74 Å². The highest BCUT2D eigenvalue weighted by Crippen LogP contribution is 2.34. The molecule has 0 unspecified atom stereocenters. The molecule has 1 fully saturated rings. The smallest absolute Gasteiger partial charge is 0.341 e. The Bertz CT molecular complexity index is 899. The Kier molecular flexibility index (Phi) is 4.56. The van der Waals surface area contributed by atoms with Crippen molar-refractivity contribution in [2.24, 2.45) is 0 Å². The molecule has 3 heterocycles. The third-order valence-electron chi connectivity index (χ3n) is 4.92. The number of hydrogen-bond donors (Lipinski definition) is 0. The normalized spacial score (nSPS) is 15.3. The minimum atomic E-state index is -0.310. The van der Waals surface area contributed by atoms with Crippen LogP contribution in [0.1, 0.15) is 36.2 Å². The summed E-state index contributed by atoms with van der Waals surface area (Å²) in [5.41, 5.74) is 2.38. The molecule has 0 saturated carbocycles. The summed E-state index contributed by atoms with van der Waals surface area (Å²) < 4.78 is 7.30. The van der Waals surface area contributed by atoms with Crippen LogP contribution in [0.15, 0.2) is 48.9 Å². The number of para-hydroxylation sites is 1. The zero-order valence-corrected chi connectivity index (χ0v) is 14.8. The average molecular weight is 350 g/mol. The minimum Gasteiger partial charge on any atom is -0.462 e. The Morgan fingerprint density at radius 2 is 2.04 bits per heavy atom. The summed E-state index contributed by atoms with van der Waals surface area (Å²) in [6, 6.07) is 10.3. The number of rotatable bonds is 4. The molecule has 0 aliphatic carbocycles. The molecule has 6 heteroatoms. The molecular formula is C20H22N4O2. The molecular weight excluding hydrogens is 328 g/mol. The van der Waals surface area contributed by atoms with Gasteiger partial charge in [0.15, 0.2) is 0 Å². The lowest BCUT2D eigenvalue weighted by molar-refractivity contribution is 0.0526. The molecule has 0 bridgehead atoms. The molecule has 1 aliphatic rings. The number of nitrogens with zero attached hydrogens (tertiary/aromatic N) is 4. The van der Waals surface area contributed by atoms with E-state index in [-0.39, 0.29) is 5.97 Å². The topological polar surface area (TPSA) is 60.2 Å². The number of ether oxygens (including phenoxy) is 1. The van der Waals surface area contributed by atoms with Crippen molar-refractivity contribution in [3.8, 4) is 0 Å². The SMILES string of the molecule is CCOC(=O)c1cnc2ccccc2c1N1CCC(n2cccn2)CC1. The zero-order chi connectivity index (χ0) is 17.9. The fourth-order valence-corrected chi connectivity index (χ4v) is 3.68. The fourth-order valence-electron chi connectivity index (χ4n) is 3.68. The maximum Gasteiger partial charge on any atom is 0.341 e. The number of fused-ring (bicyclic) bond motifs is 1. The monoisotopic (exact) mass is 350 g/mol. The van der Waals surface area contributed by atoms with Crippen LogP contribution in [0.25, 0.3) is 10.9 Å². The van der Waals surface area contributed by atoms with Gasteiger partial charge in [-0.15, -0.1) is 0 Å². The largest absolute Gasteiger partial charge is 0.462 e. The molecule has 0 amide bonds. The van der Waals surface area contributed by atoms with E-state index in [0.717, 1.165) is 42.5 Å². The Morgan fingerprint density at radius 1 is 1.23 bits per heavy atom. The summed E-state index contributed by atoms with van der Waals surface area (Å²) in [6.45, 7) is 3.91. The second-order valence-corrected chi connectivity index (χ2v) is 6.46. The van der Waals surface area contributed by atoms with E-state index in [1.54, 1.807) is 6.20 Å². The quantitative estimate of drug-likeness (QED) is 0.675. The summed E-state index contributed by atoms with van der Waals surface area (Å²) in [5, 5.41) is 5.37. The number of aromatic nitrogens is 3. The molecule has 0 radical (unpaired) electrons. The summed E-state index contributed by atoms with van der Waals surface area (Å²) in [4.78, 5) is 19.2. The molecule has 4 rings (SSSR count). The number of pyridine rings is 1. The molecule has 0 atom stereocenters. The summed E-state index contributed by atoms with van der Waals surface area (Å²) in [6.07, 6.45) is 7.46. The number of benzene rings is 1. The van der Waals surface area contributed by atoms with Gasteiger partial charge < -0.3 is 9.64 Å². The first kappa shape index (κ1) is 16.6. The van der Waals surface area contributed by atoms with Crippen LogP contribution in [-0.4, -0.2) is 40.4 Å². The van der Waals surface area contributed by atoms with Gasteiger partial charge in [-0.05, 0) is 31.9 Å². The van der Waals surface area contributed by atoms with Crippen molar-refractivity contribution in [2.45, 2.75) is 25.8 Å². The molecule has 6 nitrogen and oxygen atoms in total. The van der Waals surface area contributed by atoms with Crippen molar-refractivity contribution >= 4 is 22.6 Å². The number of hydrogen-bond acceptors (Lipinski definition) is 5. The van der Waals surface area contributed by atoms with Gasteiger partial charge in [-0.1, -0.05) is 18.2 Å². The lowest BCUT2D eigenvalue weighted by atomic mass is 10.0. The molecule has 26 heavy (non-hydrogen) atoms. The van der Waals surface area contributed by atoms with Gasteiger partial charge in [-0.25, -0.2) is 4.79 Å². The summed E-state index contributed by atoms with van der Waals surface area (Å²) >= 11 is 0. The van der Waals surface area contributed by atoms with E-state index in [9.17, 15) is 4.79 Å². The first-order valence-corrected chi connectivity index (χ1v) is 9.07. The van der Waals surface area contributed by atoms with E-state index < -0.39 is 0 Å². The van der Waals surface area contributed by atoms with Crippen molar-refractivity contribution in [3.63, 3.8) is 0 Å². The van der Waals surface area contributed by atoms with E-state index in [2.05, 4.69) is 15.0 Å². The van der Waals surface area contributed by atoms with Crippen molar-refractivity contribution in [1.29, 1.82) is 0 Å². The van der Waals surface area contributed by atoms with Crippen LogP contribution in [0.5, 0.6) is 0 Å². The number of carbonyl (C=O) groups is 1.